The van der Waals surface area contributed by atoms with E-state index in [2.05, 4.69) is 34.2 Å². The van der Waals surface area contributed by atoms with Gasteiger partial charge in [-0.2, -0.15) is 4.80 Å². The molecular weight excluding hydrogens is 366 g/mol. The summed E-state index contributed by atoms with van der Waals surface area (Å²) in [5, 5.41) is 22.4. The number of hydrogen-bond acceptors (Lipinski definition) is 7. The molecule has 1 aromatic carbocycles. The number of aromatic nitrogens is 5. The largest absolute Gasteiger partial charge is 0.493 e. The molecule has 0 bridgehead atoms. The fraction of sp³-hybridized carbons (Fsp3) is 0.389. The number of aromatic carboxylic acids is 1. The van der Waals surface area contributed by atoms with Gasteiger partial charge in [-0.25, -0.2) is 9.78 Å². The van der Waals surface area contributed by atoms with Crippen LogP contribution in [-0.2, 0) is 6.54 Å². The summed E-state index contributed by atoms with van der Waals surface area (Å²) in [6.45, 7) is 8.95. The molecule has 1 N–H and O–H groups in total. The van der Waals surface area contributed by atoms with E-state index >= 15 is 0 Å². The fourth-order valence-corrected chi connectivity index (χ4v) is 3.32. The Kier molecular flexibility index (Phi) is 5.50. The highest BCUT2D eigenvalue weighted by Crippen LogP contribution is 2.35. The number of carboxylic acids is 1. The van der Waals surface area contributed by atoms with Gasteiger partial charge in [0, 0.05) is 5.56 Å². The number of carbonyl (C=O) groups is 1. The van der Waals surface area contributed by atoms with Crippen LogP contribution in [0.1, 0.15) is 36.1 Å². The summed E-state index contributed by atoms with van der Waals surface area (Å²) in [6.07, 6.45) is 0. The Morgan fingerprint density at radius 2 is 2.15 bits per heavy atom. The number of carboxylic acid groups (broad SMARTS) is 1. The van der Waals surface area contributed by atoms with Crippen molar-refractivity contribution in [2.75, 3.05) is 6.61 Å². The summed E-state index contributed by atoms with van der Waals surface area (Å²) in [5.41, 5.74) is 1.99. The Labute approximate surface area is 160 Å². The normalized spacial score (nSPS) is 11.1. The van der Waals surface area contributed by atoms with E-state index in [0.717, 1.165) is 16.9 Å². The number of thiazole rings is 1. The molecule has 0 saturated heterocycles. The van der Waals surface area contributed by atoms with Crippen molar-refractivity contribution >= 4 is 17.3 Å². The zero-order valence-corrected chi connectivity index (χ0v) is 16.4. The first kappa shape index (κ1) is 19.0. The second kappa shape index (κ2) is 7.83. The SMILES string of the molecule is CCn1nnc(-c2cc(-c3nc(C)c(C(=O)O)s3)ccc2OCC(C)C)n1. The molecule has 27 heavy (non-hydrogen) atoms. The van der Waals surface area contributed by atoms with E-state index in [0.29, 0.717) is 46.9 Å². The maximum Gasteiger partial charge on any atom is 0.347 e. The molecule has 142 valence electrons. The molecular formula is C18H21N5O3S. The average molecular weight is 387 g/mol. The molecule has 0 spiro atoms. The third-order valence-electron chi connectivity index (χ3n) is 3.77. The monoisotopic (exact) mass is 387 g/mol. The number of rotatable bonds is 7. The molecule has 0 unspecified atom stereocenters. The highest BCUT2D eigenvalue weighted by Gasteiger charge is 2.18. The summed E-state index contributed by atoms with van der Waals surface area (Å²) in [4.78, 5) is 17.5. The van der Waals surface area contributed by atoms with Gasteiger partial charge in [0.2, 0.25) is 5.82 Å². The maximum absolute atomic E-state index is 11.3. The molecule has 2 aromatic heterocycles. The van der Waals surface area contributed by atoms with Crippen LogP contribution in [0.3, 0.4) is 0 Å². The Morgan fingerprint density at radius 1 is 1.37 bits per heavy atom. The highest BCUT2D eigenvalue weighted by molar-refractivity contribution is 7.17. The lowest BCUT2D eigenvalue weighted by atomic mass is 10.1. The third-order valence-corrected chi connectivity index (χ3v) is 4.96. The van der Waals surface area contributed by atoms with E-state index in [9.17, 15) is 9.90 Å². The van der Waals surface area contributed by atoms with Crippen LogP contribution in [0, 0.1) is 12.8 Å². The minimum atomic E-state index is -0.971. The summed E-state index contributed by atoms with van der Waals surface area (Å²) in [7, 11) is 0. The summed E-state index contributed by atoms with van der Waals surface area (Å²) < 4.78 is 5.93. The van der Waals surface area contributed by atoms with E-state index in [1.165, 1.54) is 4.80 Å². The van der Waals surface area contributed by atoms with Crippen molar-refractivity contribution < 1.29 is 14.6 Å². The van der Waals surface area contributed by atoms with Crippen LogP contribution < -0.4 is 4.74 Å². The van der Waals surface area contributed by atoms with E-state index in [1.807, 2.05) is 25.1 Å². The van der Waals surface area contributed by atoms with Gasteiger partial charge in [0.1, 0.15) is 15.6 Å². The molecule has 8 nitrogen and oxygen atoms in total. The highest BCUT2D eigenvalue weighted by atomic mass is 32.1. The van der Waals surface area contributed by atoms with Gasteiger partial charge in [0.15, 0.2) is 0 Å². The van der Waals surface area contributed by atoms with Crippen LogP contribution in [-0.4, -0.2) is 42.9 Å². The Hall–Kier alpha value is -2.81. The molecule has 3 aromatic rings. The van der Waals surface area contributed by atoms with Crippen LogP contribution in [0.5, 0.6) is 5.75 Å². The molecule has 0 aliphatic carbocycles. The van der Waals surface area contributed by atoms with Gasteiger partial charge in [-0.3, -0.25) is 0 Å². The quantitative estimate of drug-likeness (QED) is 0.661. The molecule has 2 heterocycles. The Morgan fingerprint density at radius 3 is 2.74 bits per heavy atom. The van der Waals surface area contributed by atoms with Crippen molar-refractivity contribution in [3.63, 3.8) is 0 Å². The van der Waals surface area contributed by atoms with Crippen LogP contribution in [0.25, 0.3) is 22.0 Å². The van der Waals surface area contributed by atoms with Gasteiger partial charge in [-0.15, -0.1) is 21.5 Å². The molecule has 0 fully saturated rings. The van der Waals surface area contributed by atoms with E-state index in [-0.39, 0.29) is 4.88 Å². The molecule has 3 rings (SSSR count). The molecule has 0 radical (unpaired) electrons. The van der Waals surface area contributed by atoms with Gasteiger partial charge in [0.25, 0.3) is 0 Å². The lowest BCUT2D eigenvalue weighted by Crippen LogP contribution is -2.05. The predicted octanol–water partition coefficient (Wildman–Crippen LogP) is 3.52. The Bertz CT molecular complexity index is 964. The standard InChI is InChI=1S/C18H21N5O3S/c1-5-23-21-16(20-22-23)13-8-12(6-7-14(13)26-9-10(2)3)17-19-11(4)15(27-17)18(24)25/h6-8,10H,5,9H2,1-4H3,(H,24,25). The number of nitrogens with zero attached hydrogens (tertiary/aromatic N) is 5. The zero-order valence-electron chi connectivity index (χ0n) is 15.6. The van der Waals surface area contributed by atoms with Gasteiger partial charge in [-0.05, 0) is 43.2 Å². The minimum Gasteiger partial charge on any atom is -0.493 e. The average Bonchev–Trinajstić information content (AvgIpc) is 3.26. The number of aryl methyl sites for hydroxylation is 2. The molecule has 0 amide bonds. The number of ether oxygens (including phenoxy) is 1. The lowest BCUT2D eigenvalue weighted by Gasteiger charge is -2.12. The Balaban J connectivity index is 2.05. The molecule has 0 saturated carbocycles. The van der Waals surface area contributed by atoms with Crippen molar-refractivity contribution in [3.05, 3.63) is 28.8 Å². The van der Waals surface area contributed by atoms with Gasteiger partial charge >= 0.3 is 5.97 Å². The van der Waals surface area contributed by atoms with Gasteiger partial charge in [-0.1, -0.05) is 13.8 Å². The predicted molar refractivity (Wildman–Crippen MR) is 102 cm³/mol. The first-order valence-electron chi connectivity index (χ1n) is 8.65. The summed E-state index contributed by atoms with van der Waals surface area (Å²) in [6, 6.07) is 5.58. The second-order valence-corrected chi connectivity index (χ2v) is 7.46. The van der Waals surface area contributed by atoms with Crippen LogP contribution in [0.15, 0.2) is 18.2 Å². The van der Waals surface area contributed by atoms with Crippen molar-refractivity contribution in [1.82, 2.24) is 25.2 Å². The van der Waals surface area contributed by atoms with E-state index in [4.69, 9.17) is 4.74 Å². The van der Waals surface area contributed by atoms with E-state index in [1.54, 1.807) is 6.92 Å². The first-order chi connectivity index (χ1) is 12.9. The molecule has 0 atom stereocenters. The van der Waals surface area contributed by atoms with Crippen molar-refractivity contribution in [2.24, 2.45) is 5.92 Å². The van der Waals surface area contributed by atoms with Crippen LogP contribution >= 0.6 is 11.3 Å². The number of tetrazole rings is 1. The number of benzene rings is 1. The van der Waals surface area contributed by atoms with Gasteiger partial charge < -0.3 is 9.84 Å². The zero-order chi connectivity index (χ0) is 19.6. The van der Waals surface area contributed by atoms with Gasteiger partial charge in [0.05, 0.1) is 24.4 Å². The van der Waals surface area contributed by atoms with E-state index < -0.39 is 5.97 Å². The second-order valence-electron chi connectivity index (χ2n) is 6.46. The summed E-state index contributed by atoms with van der Waals surface area (Å²) >= 11 is 1.15. The van der Waals surface area contributed by atoms with Crippen molar-refractivity contribution in [1.29, 1.82) is 0 Å². The van der Waals surface area contributed by atoms with Crippen LogP contribution in [0.4, 0.5) is 0 Å². The van der Waals surface area contributed by atoms with Crippen molar-refractivity contribution in [3.8, 4) is 27.7 Å². The first-order valence-corrected chi connectivity index (χ1v) is 9.46. The lowest BCUT2D eigenvalue weighted by molar-refractivity contribution is 0.0701. The summed E-state index contributed by atoms with van der Waals surface area (Å²) in [5.74, 6) is 0.525. The van der Waals surface area contributed by atoms with Crippen LogP contribution in [0.2, 0.25) is 0 Å². The smallest absolute Gasteiger partial charge is 0.347 e. The molecule has 9 heteroatoms. The maximum atomic E-state index is 11.3. The number of hydrogen-bond donors (Lipinski definition) is 1. The van der Waals surface area contributed by atoms with Crippen molar-refractivity contribution in [2.45, 2.75) is 34.2 Å². The fourth-order valence-electron chi connectivity index (χ4n) is 2.42. The topological polar surface area (TPSA) is 103 Å². The third kappa shape index (κ3) is 4.13. The molecule has 0 aliphatic heterocycles. The molecule has 0 aliphatic rings. The minimum absolute atomic E-state index is 0.238.